The lowest BCUT2D eigenvalue weighted by Crippen LogP contribution is -2.22. The first-order valence-electron chi connectivity index (χ1n) is 7.99. The standard InChI is InChI=1S/C19H23N3O2/c1-4-18(23)21-15-6-5-7-16(11-15)22-19(24)12-20-17-9-8-13(2)10-14(17)3/h5-11,20H,4,12H2,1-3H3,(H,21,23)(H,22,24). The van der Waals surface area contributed by atoms with Crippen molar-refractivity contribution in [3.05, 3.63) is 53.6 Å². The highest BCUT2D eigenvalue weighted by Gasteiger charge is 2.05. The van der Waals surface area contributed by atoms with Gasteiger partial charge in [-0.25, -0.2) is 0 Å². The fraction of sp³-hybridized carbons (Fsp3) is 0.263. The molecule has 0 unspecified atom stereocenters. The molecule has 0 saturated carbocycles. The van der Waals surface area contributed by atoms with Crippen LogP contribution in [0.15, 0.2) is 42.5 Å². The Kier molecular flexibility index (Phi) is 5.95. The van der Waals surface area contributed by atoms with Gasteiger partial charge in [0.05, 0.1) is 6.54 Å². The van der Waals surface area contributed by atoms with Gasteiger partial charge in [-0.3, -0.25) is 9.59 Å². The molecular weight excluding hydrogens is 302 g/mol. The van der Waals surface area contributed by atoms with E-state index >= 15 is 0 Å². The fourth-order valence-electron chi connectivity index (χ4n) is 2.32. The molecule has 3 N–H and O–H groups in total. The molecule has 24 heavy (non-hydrogen) atoms. The second-order valence-electron chi connectivity index (χ2n) is 5.70. The number of carbonyl (C=O) groups is 2. The predicted octanol–water partition coefficient (Wildman–Crippen LogP) is 3.70. The minimum atomic E-state index is -0.144. The molecule has 0 aliphatic rings. The number of anilines is 3. The zero-order chi connectivity index (χ0) is 17.5. The first kappa shape index (κ1) is 17.5. The number of benzene rings is 2. The third-order valence-corrected chi connectivity index (χ3v) is 3.57. The summed E-state index contributed by atoms with van der Waals surface area (Å²) >= 11 is 0. The van der Waals surface area contributed by atoms with Gasteiger partial charge < -0.3 is 16.0 Å². The van der Waals surface area contributed by atoms with Crippen LogP contribution in [0.4, 0.5) is 17.1 Å². The molecule has 2 rings (SSSR count). The van der Waals surface area contributed by atoms with Gasteiger partial charge in [-0.1, -0.05) is 30.7 Å². The van der Waals surface area contributed by atoms with Crippen LogP contribution < -0.4 is 16.0 Å². The van der Waals surface area contributed by atoms with Gasteiger partial charge in [-0.2, -0.15) is 0 Å². The van der Waals surface area contributed by atoms with E-state index in [1.165, 1.54) is 5.56 Å². The zero-order valence-electron chi connectivity index (χ0n) is 14.3. The first-order valence-corrected chi connectivity index (χ1v) is 7.99. The molecule has 2 aromatic carbocycles. The Bertz CT molecular complexity index is 741. The van der Waals surface area contributed by atoms with Crippen LogP contribution in [0.2, 0.25) is 0 Å². The van der Waals surface area contributed by atoms with Crippen molar-refractivity contribution in [2.75, 3.05) is 22.5 Å². The summed E-state index contributed by atoms with van der Waals surface area (Å²) in [5.74, 6) is -0.205. The SMILES string of the molecule is CCC(=O)Nc1cccc(NC(=O)CNc2ccc(C)cc2C)c1. The Balaban J connectivity index is 1.92. The average molecular weight is 325 g/mol. The highest BCUT2D eigenvalue weighted by Crippen LogP contribution is 2.17. The molecule has 0 bridgehead atoms. The Morgan fingerprint density at radius 3 is 2.21 bits per heavy atom. The lowest BCUT2D eigenvalue weighted by Gasteiger charge is -2.11. The average Bonchev–Trinajstić information content (AvgIpc) is 2.54. The molecule has 0 aliphatic carbocycles. The van der Waals surface area contributed by atoms with Crippen molar-refractivity contribution >= 4 is 28.9 Å². The third kappa shape index (κ3) is 5.12. The number of aryl methyl sites for hydroxylation is 2. The van der Waals surface area contributed by atoms with Crippen LogP contribution in [0, 0.1) is 13.8 Å². The van der Waals surface area contributed by atoms with Crippen molar-refractivity contribution in [2.45, 2.75) is 27.2 Å². The summed E-state index contributed by atoms with van der Waals surface area (Å²) in [6.45, 7) is 6.01. The molecule has 0 fully saturated rings. The van der Waals surface area contributed by atoms with Gasteiger partial charge in [0.1, 0.15) is 0 Å². The van der Waals surface area contributed by atoms with Gasteiger partial charge in [0, 0.05) is 23.5 Å². The van der Waals surface area contributed by atoms with Crippen molar-refractivity contribution in [2.24, 2.45) is 0 Å². The third-order valence-electron chi connectivity index (χ3n) is 3.57. The minimum absolute atomic E-state index is 0.0602. The molecular formula is C19H23N3O2. The molecule has 126 valence electrons. The van der Waals surface area contributed by atoms with E-state index in [0.717, 1.165) is 11.3 Å². The Morgan fingerprint density at radius 1 is 0.917 bits per heavy atom. The predicted molar refractivity (Wildman–Crippen MR) is 98.4 cm³/mol. The second kappa shape index (κ2) is 8.15. The summed E-state index contributed by atoms with van der Waals surface area (Å²) in [5, 5.41) is 8.73. The minimum Gasteiger partial charge on any atom is -0.376 e. The number of hydrogen-bond donors (Lipinski definition) is 3. The van der Waals surface area contributed by atoms with Crippen LogP contribution in [-0.2, 0) is 9.59 Å². The largest absolute Gasteiger partial charge is 0.376 e. The number of carbonyl (C=O) groups excluding carboxylic acids is 2. The van der Waals surface area contributed by atoms with E-state index in [-0.39, 0.29) is 18.4 Å². The van der Waals surface area contributed by atoms with Crippen LogP contribution in [0.3, 0.4) is 0 Å². The summed E-state index contributed by atoms with van der Waals surface area (Å²) in [5.41, 5.74) is 4.55. The number of amides is 2. The van der Waals surface area contributed by atoms with Gasteiger partial charge in [0.25, 0.3) is 0 Å². The molecule has 2 aromatic rings. The maximum Gasteiger partial charge on any atom is 0.243 e. The van der Waals surface area contributed by atoms with E-state index in [9.17, 15) is 9.59 Å². The molecule has 0 radical (unpaired) electrons. The van der Waals surface area contributed by atoms with E-state index in [0.29, 0.717) is 17.8 Å². The van der Waals surface area contributed by atoms with Crippen molar-refractivity contribution in [3.63, 3.8) is 0 Å². The normalized spacial score (nSPS) is 10.1. The van der Waals surface area contributed by atoms with E-state index in [1.54, 1.807) is 31.2 Å². The summed E-state index contributed by atoms with van der Waals surface area (Å²) < 4.78 is 0. The molecule has 0 aliphatic heterocycles. The number of hydrogen-bond acceptors (Lipinski definition) is 3. The highest BCUT2D eigenvalue weighted by atomic mass is 16.2. The van der Waals surface area contributed by atoms with Gasteiger partial charge in [-0.15, -0.1) is 0 Å². The topological polar surface area (TPSA) is 70.2 Å². The Morgan fingerprint density at radius 2 is 1.58 bits per heavy atom. The molecule has 0 heterocycles. The Hall–Kier alpha value is -2.82. The van der Waals surface area contributed by atoms with Crippen LogP contribution in [-0.4, -0.2) is 18.4 Å². The van der Waals surface area contributed by atoms with Crippen LogP contribution in [0.5, 0.6) is 0 Å². The lowest BCUT2D eigenvalue weighted by atomic mass is 10.1. The molecule has 2 amide bonds. The van der Waals surface area contributed by atoms with E-state index in [4.69, 9.17) is 0 Å². The summed E-state index contributed by atoms with van der Waals surface area (Å²) in [6.07, 6.45) is 0.413. The zero-order valence-corrected chi connectivity index (χ0v) is 14.3. The lowest BCUT2D eigenvalue weighted by molar-refractivity contribution is -0.116. The Labute approximate surface area is 142 Å². The van der Waals surface area contributed by atoms with Crippen LogP contribution >= 0.6 is 0 Å². The number of rotatable bonds is 6. The second-order valence-corrected chi connectivity index (χ2v) is 5.70. The van der Waals surface area contributed by atoms with Gasteiger partial charge in [0.15, 0.2) is 0 Å². The summed E-state index contributed by atoms with van der Waals surface area (Å²) in [6, 6.07) is 13.2. The van der Waals surface area contributed by atoms with Gasteiger partial charge in [-0.05, 0) is 43.7 Å². The quantitative estimate of drug-likeness (QED) is 0.758. The van der Waals surface area contributed by atoms with Crippen LogP contribution in [0.25, 0.3) is 0 Å². The molecule has 0 aromatic heterocycles. The number of nitrogens with one attached hydrogen (secondary N) is 3. The molecule has 5 heteroatoms. The van der Waals surface area contributed by atoms with E-state index < -0.39 is 0 Å². The van der Waals surface area contributed by atoms with Crippen molar-refractivity contribution in [1.29, 1.82) is 0 Å². The smallest absolute Gasteiger partial charge is 0.243 e. The molecule has 0 atom stereocenters. The van der Waals surface area contributed by atoms with Crippen molar-refractivity contribution in [1.82, 2.24) is 0 Å². The van der Waals surface area contributed by atoms with E-state index in [2.05, 4.69) is 22.0 Å². The van der Waals surface area contributed by atoms with Crippen molar-refractivity contribution in [3.8, 4) is 0 Å². The highest BCUT2D eigenvalue weighted by molar-refractivity contribution is 5.95. The monoisotopic (exact) mass is 325 g/mol. The van der Waals surface area contributed by atoms with Crippen LogP contribution in [0.1, 0.15) is 24.5 Å². The van der Waals surface area contributed by atoms with E-state index in [1.807, 2.05) is 26.0 Å². The van der Waals surface area contributed by atoms with Crippen molar-refractivity contribution < 1.29 is 9.59 Å². The maximum absolute atomic E-state index is 12.1. The van der Waals surface area contributed by atoms with Gasteiger partial charge >= 0.3 is 0 Å². The first-order chi connectivity index (χ1) is 11.5. The van der Waals surface area contributed by atoms with Gasteiger partial charge in [0.2, 0.25) is 11.8 Å². The molecule has 0 saturated heterocycles. The molecule has 5 nitrogen and oxygen atoms in total. The maximum atomic E-state index is 12.1. The summed E-state index contributed by atoms with van der Waals surface area (Å²) in [7, 11) is 0. The fourth-order valence-corrected chi connectivity index (χ4v) is 2.32. The summed E-state index contributed by atoms with van der Waals surface area (Å²) in [4.78, 5) is 23.5. The molecule has 0 spiro atoms.